The lowest BCUT2D eigenvalue weighted by atomic mass is 9.93. The Morgan fingerprint density at radius 2 is 1.74 bits per heavy atom. The summed E-state index contributed by atoms with van der Waals surface area (Å²) < 4.78 is 1.18. The third-order valence-corrected chi connectivity index (χ3v) is 7.84. The van der Waals surface area contributed by atoms with Gasteiger partial charge in [0.15, 0.2) is 0 Å². The lowest BCUT2D eigenvalue weighted by Crippen LogP contribution is -2.52. The van der Waals surface area contributed by atoms with Crippen molar-refractivity contribution in [2.45, 2.75) is 31.8 Å². The van der Waals surface area contributed by atoms with Gasteiger partial charge in [-0.1, -0.05) is 42.5 Å². The zero-order valence-corrected chi connectivity index (χ0v) is 20.6. The minimum absolute atomic E-state index is 0.194. The summed E-state index contributed by atoms with van der Waals surface area (Å²) in [7, 11) is 0. The summed E-state index contributed by atoms with van der Waals surface area (Å²) in [6.45, 7) is 4.88. The van der Waals surface area contributed by atoms with Crippen molar-refractivity contribution in [3.05, 3.63) is 65.2 Å². The van der Waals surface area contributed by atoms with Crippen LogP contribution in [0.25, 0.3) is 10.2 Å². The van der Waals surface area contributed by atoms with Gasteiger partial charge in [-0.15, -0.1) is 11.3 Å². The molecule has 4 amide bonds. The van der Waals surface area contributed by atoms with Gasteiger partial charge in [0.25, 0.3) is 5.91 Å². The number of aromatic nitrogens is 1. The molecule has 3 heterocycles. The molecule has 0 spiro atoms. The maximum Gasteiger partial charge on any atom is 0.325 e. The fourth-order valence-corrected chi connectivity index (χ4v) is 5.68. The van der Waals surface area contributed by atoms with Crippen molar-refractivity contribution in [1.29, 1.82) is 0 Å². The summed E-state index contributed by atoms with van der Waals surface area (Å²) in [6, 6.07) is 17.5. The van der Waals surface area contributed by atoms with Crippen LogP contribution in [0, 0.1) is 0 Å². The third kappa shape index (κ3) is 5.06. The molecule has 2 aliphatic rings. The number of carbonyl (C=O) groups is 3. The molecule has 2 fully saturated rings. The van der Waals surface area contributed by atoms with Crippen molar-refractivity contribution in [3.8, 4) is 0 Å². The van der Waals surface area contributed by atoms with Crippen molar-refractivity contribution in [3.63, 3.8) is 0 Å². The van der Waals surface area contributed by atoms with Gasteiger partial charge in [0.1, 0.15) is 17.1 Å². The van der Waals surface area contributed by atoms with Gasteiger partial charge < -0.3 is 10.2 Å². The Morgan fingerprint density at radius 3 is 2.49 bits per heavy atom. The lowest BCUT2D eigenvalue weighted by Gasteiger charge is -2.34. The van der Waals surface area contributed by atoms with Gasteiger partial charge in [-0.3, -0.25) is 19.4 Å². The summed E-state index contributed by atoms with van der Waals surface area (Å²) in [5.41, 5.74) is 1.13. The molecule has 3 aromatic rings. The Balaban J connectivity index is 1.13. The zero-order valence-electron chi connectivity index (χ0n) is 19.8. The largest absolute Gasteiger partial charge is 0.339 e. The molecule has 0 radical (unpaired) electrons. The molecule has 2 saturated heterocycles. The van der Waals surface area contributed by atoms with Crippen LogP contribution >= 0.6 is 11.3 Å². The Labute approximate surface area is 208 Å². The van der Waals surface area contributed by atoms with Crippen LogP contribution in [0.1, 0.15) is 23.9 Å². The Bertz CT molecular complexity index is 1210. The molecule has 182 valence electrons. The number of hydrogen-bond acceptors (Lipinski definition) is 6. The van der Waals surface area contributed by atoms with E-state index in [-0.39, 0.29) is 18.4 Å². The summed E-state index contributed by atoms with van der Waals surface area (Å²) in [6.07, 6.45) is 1.15. The number of thiazole rings is 1. The molecule has 0 saturated carbocycles. The van der Waals surface area contributed by atoms with Crippen LogP contribution in [0.4, 0.5) is 4.79 Å². The lowest BCUT2D eigenvalue weighted by molar-refractivity contribution is -0.139. The predicted octanol–water partition coefficient (Wildman–Crippen LogP) is 2.88. The monoisotopic (exact) mass is 491 g/mol. The van der Waals surface area contributed by atoms with E-state index in [0.717, 1.165) is 40.6 Å². The van der Waals surface area contributed by atoms with Crippen molar-refractivity contribution in [2.75, 3.05) is 32.7 Å². The number of hydrogen-bond donors (Lipinski definition) is 1. The number of amides is 4. The Hall–Kier alpha value is -3.30. The average Bonchev–Trinajstić information content (AvgIpc) is 3.37. The Kier molecular flexibility index (Phi) is 6.53. The van der Waals surface area contributed by atoms with Gasteiger partial charge in [-0.25, -0.2) is 9.78 Å². The number of imide groups is 1. The molecule has 0 unspecified atom stereocenters. The second-order valence-electron chi connectivity index (χ2n) is 9.37. The van der Waals surface area contributed by atoms with Gasteiger partial charge in [-0.05, 0) is 37.5 Å². The summed E-state index contributed by atoms with van der Waals surface area (Å²) >= 11 is 1.70. The van der Waals surface area contributed by atoms with E-state index in [1.165, 1.54) is 4.70 Å². The number of benzene rings is 2. The number of fused-ring (bicyclic) bond motifs is 1. The molecule has 1 aromatic heterocycles. The highest BCUT2D eigenvalue weighted by molar-refractivity contribution is 7.18. The van der Waals surface area contributed by atoms with E-state index in [4.69, 9.17) is 4.98 Å². The maximum atomic E-state index is 13.1. The highest BCUT2D eigenvalue weighted by Crippen LogP contribution is 2.25. The maximum absolute atomic E-state index is 13.1. The average molecular weight is 492 g/mol. The van der Waals surface area contributed by atoms with Crippen LogP contribution in [0.15, 0.2) is 54.6 Å². The first-order valence-corrected chi connectivity index (χ1v) is 12.8. The van der Waals surface area contributed by atoms with Crippen molar-refractivity contribution in [1.82, 2.24) is 25.0 Å². The van der Waals surface area contributed by atoms with E-state index in [1.807, 2.05) is 48.5 Å². The topological polar surface area (TPSA) is 85.8 Å². The van der Waals surface area contributed by atoms with Crippen molar-refractivity contribution in [2.24, 2.45) is 0 Å². The van der Waals surface area contributed by atoms with Gasteiger partial charge in [0.2, 0.25) is 5.91 Å². The smallest absolute Gasteiger partial charge is 0.325 e. The molecular formula is C26H29N5O3S. The van der Waals surface area contributed by atoms with E-state index in [1.54, 1.807) is 23.2 Å². The molecule has 5 rings (SSSR count). The van der Waals surface area contributed by atoms with Crippen LogP contribution in [0.3, 0.4) is 0 Å². The molecular weight excluding hydrogens is 462 g/mol. The number of aryl methyl sites for hydroxylation is 1. The number of nitrogens with one attached hydrogen (secondary N) is 1. The van der Waals surface area contributed by atoms with E-state index in [0.29, 0.717) is 25.9 Å². The predicted molar refractivity (Wildman–Crippen MR) is 135 cm³/mol. The summed E-state index contributed by atoms with van der Waals surface area (Å²) in [5.74, 6) is -0.526. The van der Waals surface area contributed by atoms with Crippen LogP contribution < -0.4 is 5.32 Å². The first-order valence-electron chi connectivity index (χ1n) is 11.9. The summed E-state index contributed by atoms with van der Waals surface area (Å²) in [4.78, 5) is 48.4. The van der Waals surface area contributed by atoms with Crippen LogP contribution in [-0.4, -0.2) is 75.8 Å². The molecule has 1 N–H and O–H groups in total. The third-order valence-electron chi connectivity index (χ3n) is 6.82. The number of rotatable bonds is 7. The molecule has 1 atom stereocenters. The molecule has 9 heteroatoms. The highest BCUT2D eigenvalue weighted by Gasteiger charge is 2.48. The Morgan fingerprint density at radius 1 is 1.03 bits per heavy atom. The zero-order chi connectivity index (χ0) is 24.4. The van der Waals surface area contributed by atoms with E-state index in [9.17, 15) is 14.4 Å². The molecule has 0 aliphatic carbocycles. The standard InChI is InChI=1S/C26H29N5O3S/c1-26(12-11-19-7-3-2-4-8-19)24(33)31(25(34)28-26)18-23(32)30-15-13-29(14-16-30)17-22-27-20-9-5-6-10-21(20)35-22/h2-10H,11-18H2,1H3,(H,28,34)/t26-/m1/s1. The second-order valence-corrected chi connectivity index (χ2v) is 10.5. The number of piperazine rings is 1. The summed E-state index contributed by atoms with van der Waals surface area (Å²) in [5, 5.41) is 3.88. The quantitative estimate of drug-likeness (QED) is 0.514. The fourth-order valence-electron chi connectivity index (χ4n) is 4.67. The van der Waals surface area contributed by atoms with Crippen molar-refractivity contribution < 1.29 is 14.4 Å². The molecule has 2 aromatic carbocycles. The number of urea groups is 1. The number of para-hydroxylation sites is 1. The van der Waals surface area contributed by atoms with Crippen LogP contribution in [-0.2, 0) is 22.6 Å². The van der Waals surface area contributed by atoms with E-state index < -0.39 is 11.6 Å². The molecule has 0 bridgehead atoms. The molecule has 2 aliphatic heterocycles. The van der Waals surface area contributed by atoms with Crippen molar-refractivity contribution >= 4 is 39.4 Å². The molecule has 8 nitrogen and oxygen atoms in total. The van der Waals surface area contributed by atoms with Crippen LogP contribution in [0.5, 0.6) is 0 Å². The second kappa shape index (κ2) is 9.75. The van der Waals surface area contributed by atoms with Crippen LogP contribution in [0.2, 0.25) is 0 Å². The minimum atomic E-state index is -0.997. The first-order chi connectivity index (χ1) is 16.9. The molecule has 35 heavy (non-hydrogen) atoms. The van der Waals surface area contributed by atoms with E-state index >= 15 is 0 Å². The van der Waals surface area contributed by atoms with E-state index in [2.05, 4.69) is 16.3 Å². The SMILES string of the molecule is C[C@]1(CCc2ccccc2)NC(=O)N(CC(=O)N2CCN(Cc3nc4ccccc4s3)CC2)C1=O. The normalized spacial score (nSPS) is 21.1. The van der Waals surface area contributed by atoms with Gasteiger partial charge in [0, 0.05) is 26.2 Å². The minimum Gasteiger partial charge on any atom is -0.339 e. The van der Waals surface area contributed by atoms with Gasteiger partial charge in [0.05, 0.1) is 16.8 Å². The first kappa shape index (κ1) is 23.4. The number of carbonyl (C=O) groups excluding carboxylic acids is 3. The number of nitrogens with zero attached hydrogens (tertiary/aromatic N) is 4. The highest BCUT2D eigenvalue weighted by atomic mass is 32.1. The van der Waals surface area contributed by atoms with Gasteiger partial charge >= 0.3 is 6.03 Å². The van der Waals surface area contributed by atoms with Gasteiger partial charge in [-0.2, -0.15) is 0 Å². The fraction of sp³-hybridized carbons (Fsp3) is 0.385.